The summed E-state index contributed by atoms with van der Waals surface area (Å²) in [7, 11) is 0. The van der Waals surface area contributed by atoms with E-state index in [9.17, 15) is 0 Å². The van der Waals surface area contributed by atoms with Crippen LogP contribution >= 0.6 is 0 Å². The predicted octanol–water partition coefficient (Wildman–Crippen LogP) is 3.86. The highest BCUT2D eigenvalue weighted by atomic mass is 14.7. The first-order valence-corrected chi connectivity index (χ1v) is 6.24. The normalized spacial score (nSPS) is 52.2. The Bertz CT molecular complexity index is 214. The van der Waals surface area contributed by atoms with Gasteiger partial charge in [0.25, 0.3) is 0 Å². The van der Waals surface area contributed by atoms with Crippen LogP contribution in [-0.2, 0) is 0 Å². The molecule has 0 saturated heterocycles. The SMILES string of the molecule is CC1CC[C@@H](C2C(C)C23CCC3)C1. The second-order valence-corrected chi connectivity index (χ2v) is 6.08. The smallest absolute Gasteiger partial charge is 0.0235 e. The van der Waals surface area contributed by atoms with E-state index in [2.05, 4.69) is 13.8 Å². The molecule has 0 aliphatic heterocycles. The zero-order valence-electron chi connectivity index (χ0n) is 9.05. The van der Waals surface area contributed by atoms with Crippen molar-refractivity contribution >= 4 is 0 Å². The Balaban J connectivity index is 1.68. The van der Waals surface area contributed by atoms with Crippen LogP contribution in [0.3, 0.4) is 0 Å². The Kier molecular flexibility index (Phi) is 1.61. The fourth-order valence-corrected chi connectivity index (χ4v) is 4.57. The lowest BCUT2D eigenvalue weighted by Crippen LogP contribution is -2.18. The zero-order valence-corrected chi connectivity index (χ0v) is 9.05. The van der Waals surface area contributed by atoms with Crippen molar-refractivity contribution < 1.29 is 0 Å². The summed E-state index contributed by atoms with van der Waals surface area (Å²) in [6.45, 7) is 4.97. The molecule has 0 N–H and O–H groups in total. The minimum absolute atomic E-state index is 0.898. The van der Waals surface area contributed by atoms with Gasteiger partial charge in [-0.15, -0.1) is 0 Å². The third-order valence-electron chi connectivity index (χ3n) is 5.53. The molecule has 0 heterocycles. The van der Waals surface area contributed by atoms with E-state index >= 15 is 0 Å². The van der Waals surface area contributed by atoms with Gasteiger partial charge in [-0.05, 0) is 54.8 Å². The van der Waals surface area contributed by atoms with Crippen molar-refractivity contribution in [1.82, 2.24) is 0 Å². The zero-order chi connectivity index (χ0) is 9.05. The van der Waals surface area contributed by atoms with Crippen LogP contribution in [0, 0.1) is 29.1 Å². The standard InChI is InChI=1S/C13H22/c1-9-4-5-11(8-9)12-10(2)13(12)6-3-7-13/h9-12H,3-8H2,1-2H3/t9?,10?,11-,12?/m1/s1. The molecule has 3 aliphatic carbocycles. The van der Waals surface area contributed by atoms with E-state index in [4.69, 9.17) is 0 Å². The van der Waals surface area contributed by atoms with Crippen LogP contribution in [0.4, 0.5) is 0 Å². The summed E-state index contributed by atoms with van der Waals surface area (Å²) in [4.78, 5) is 0. The Labute approximate surface area is 82.1 Å². The van der Waals surface area contributed by atoms with Gasteiger partial charge in [-0.3, -0.25) is 0 Å². The Morgan fingerprint density at radius 1 is 1.08 bits per heavy atom. The highest BCUT2D eigenvalue weighted by molar-refractivity contribution is 5.15. The topological polar surface area (TPSA) is 0 Å². The molecule has 0 aromatic heterocycles. The van der Waals surface area contributed by atoms with Gasteiger partial charge in [0.2, 0.25) is 0 Å². The summed E-state index contributed by atoms with van der Waals surface area (Å²) >= 11 is 0. The van der Waals surface area contributed by atoms with Crippen molar-refractivity contribution in [2.75, 3.05) is 0 Å². The summed E-state index contributed by atoms with van der Waals surface area (Å²) in [5.41, 5.74) is 0.898. The number of rotatable bonds is 1. The van der Waals surface area contributed by atoms with Crippen LogP contribution in [0.25, 0.3) is 0 Å². The fraction of sp³-hybridized carbons (Fsp3) is 1.00. The van der Waals surface area contributed by atoms with Crippen molar-refractivity contribution in [2.24, 2.45) is 29.1 Å². The lowest BCUT2D eigenvalue weighted by Gasteiger charge is -2.29. The van der Waals surface area contributed by atoms with Crippen molar-refractivity contribution in [2.45, 2.75) is 52.4 Å². The van der Waals surface area contributed by atoms with Gasteiger partial charge in [0, 0.05) is 0 Å². The Hall–Kier alpha value is 0. The first kappa shape index (κ1) is 8.32. The highest BCUT2D eigenvalue weighted by Gasteiger charge is 2.66. The quantitative estimate of drug-likeness (QED) is 0.572. The van der Waals surface area contributed by atoms with Gasteiger partial charge in [-0.1, -0.05) is 26.7 Å². The second-order valence-electron chi connectivity index (χ2n) is 6.08. The van der Waals surface area contributed by atoms with Gasteiger partial charge < -0.3 is 0 Å². The molecule has 0 aromatic rings. The third kappa shape index (κ3) is 0.980. The van der Waals surface area contributed by atoms with E-state index in [1.54, 1.807) is 25.7 Å². The second kappa shape index (κ2) is 2.52. The van der Waals surface area contributed by atoms with Gasteiger partial charge >= 0.3 is 0 Å². The van der Waals surface area contributed by atoms with Gasteiger partial charge in [0.15, 0.2) is 0 Å². The Morgan fingerprint density at radius 2 is 1.85 bits per heavy atom. The minimum atomic E-state index is 0.898. The molecule has 0 radical (unpaired) electrons. The maximum atomic E-state index is 2.52. The van der Waals surface area contributed by atoms with Crippen molar-refractivity contribution in [3.05, 3.63) is 0 Å². The summed E-state index contributed by atoms with van der Waals surface area (Å²) in [6.07, 6.45) is 9.30. The average Bonchev–Trinajstić information content (AvgIpc) is 2.43. The van der Waals surface area contributed by atoms with Crippen molar-refractivity contribution in [3.8, 4) is 0 Å². The van der Waals surface area contributed by atoms with Gasteiger partial charge in [0.1, 0.15) is 0 Å². The lowest BCUT2D eigenvalue weighted by molar-refractivity contribution is 0.218. The molecule has 0 amide bonds. The molecule has 0 bridgehead atoms. The molecule has 1 spiro atoms. The Morgan fingerprint density at radius 3 is 2.23 bits per heavy atom. The van der Waals surface area contributed by atoms with E-state index < -0.39 is 0 Å². The molecule has 3 saturated carbocycles. The molecular formula is C13H22. The van der Waals surface area contributed by atoms with Crippen LogP contribution in [0.2, 0.25) is 0 Å². The molecule has 4 atom stereocenters. The van der Waals surface area contributed by atoms with Crippen LogP contribution < -0.4 is 0 Å². The molecule has 13 heavy (non-hydrogen) atoms. The minimum Gasteiger partial charge on any atom is -0.0625 e. The van der Waals surface area contributed by atoms with Crippen LogP contribution in [0.15, 0.2) is 0 Å². The van der Waals surface area contributed by atoms with E-state index in [1.807, 2.05) is 0 Å². The van der Waals surface area contributed by atoms with Gasteiger partial charge in [-0.2, -0.15) is 0 Å². The summed E-state index contributed by atoms with van der Waals surface area (Å²) in [6, 6.07) is 0. The lowest BCUT2D eigenvalue weighted by atomic mass is 9.76. The third-order valence-corrected chi connectivity index (χ3v) is 5.53. The predicted molar refractivity (Wildman–Crippen MR) is 55.4 cm³/mol. The molecule has 0 aromatic carbocycles. The summed E-state index contributed by atoms with van der Waals surface area (Å²) < 4.78 is 0. The molecule has 3 unspecified atom stereocenters. The van der Waals surface area contributed by atoms with E-state index in [0.717, 1.165) is 29.1 Å². The van der Waals surface area contributed by atoms with Gasteiger partial charge in [0.05, 0.1) is 0 Å². The average molecular weight is 178 g/mol. The van der Waals surface area contributed by atoms with E-state index in [0.29, 0.717) is 0 Å². The van der Waals surface area contributed by atoms with Crippen LogP contribution in [0.1, 0.15) is 52.4 Å². The van der Waals surface area contributed by atoms with Gasteiger partial charge in [-0.25, -0.2) is 0 Å². The molecular weight excluding hydrogens is 156 g/mol. The van der Waals surface area contributed by atoms with Crippen LogP contribution in [0.5, 0.6) is 0 Å². The maximum absolute atomic E-state index is 2.52. The van der Waals surface area contributed by atoms with Crippen LogP contribution in [-0.4, -0.2) is 0 Å². The molecule has 3 aliphatic rings. The number of hydrogen-bond donors (Lipinski definition) is 0. The summed E-state index contributed by atoms with van der Waals surface area (Å²) in [5.74, 6) is 4.42. The number of hydrogen-bond acceptors (Lipinski definition) is 0. The fourth-order valence-electron chi connectivity index (χ4n) is 4.57. The molecule has 3 fully saturated rings. The summed E-state index contributed by atoms with van der Waals surface area (Å²) in [5, 5.41) is 0. The molecule has 0 nitrogen and oxygen atoms in total. The highest BCUT2D eigenvalue weighted by Crippen LogP contribution is 2.73. The van der Waals surface area contributed by atoms with Crippen molar-refractivity contribution in [3.63, 3.8) is 0 Å². The first-order valence-electron chi connectivity index (χ1n) is 6.24. The van der Waals surface area contributed by atoms with Crippen molar-refractivity contribution in [1.29, 1.82) is 0 Å². The van der Waals surface area contributed by atoms with E-state index in [-0.39, 0.29) is 0 Å². The molecule has 74 valence electrons. The molecule has 0 heteroatoms. The largest absolute Gasteiger partial charge is 0.0625 e. The monoisotopic (exact) mass is 178 g/mol. The van der Waals surface area contributed by atoms with E-state index in [1.165, 1.54) is 12.8 Å². The molecule has 3 rings (SSSR count). The first-order chi connectivity index (χ1) is 6.24. The maximum Gasteiger partial charge on any atom is -0.0235 e.